The fraction of sp³-hybridized carbons (Fsp3) is 0.667. The first kappa shape index (κ1) is 18.5. The fourth-order valence-electron chi connectivity index (χ4n) is 1.51. The summed E-state index contributed by atoms with van der Waals surface area (Å²) in [6.45, 7) is 4.77. The quantitative estimate of drug-likeness (QED) is 0.403. The Labute approximate surface area is 122 Å². The molecule has 0 amide bonds. The van der Waals surface area contributed by atoms with Gasteiger partial charge in [0.25, 0.3) is 0 Å². The summed E-state index contributed by atoms with van der Waals surface area (Å²) in [5.74, 6) is -2.03. The van der Waals surface area contributed by atoms with Crippen LogP contribution in [0.5, 0.6) is 0 Å². The lowest BCUT2D eigenvalue weighted by atomic mass is 10.0. The zero-order valence-corrected chi connectivity index (χ0v) is 12.5. The standard InChI is InChI=1S/C12H18O7S/c1-6(13)11(18-8(3)15)12(19-9(4)16)10(5-20)17-7(2)14/h5-6,10-13H,1-4H3/t6-,10+,11+,12-/m0/s1. The Morgan fingerprint density at radius 2 is 1.35 bits per heavy atom. The molecule has 0 saturated carbocycles. The molecule has 0 unspecified atom stereocenters. The second kappa shape index (κ2) is 8.60. The van der Waals surface area contributed by atoms with Crippen LogP contribution in [0.1, 0.15) is 27.7 Å². The molecule has 0 bridgehead atoms. The Bertz CT molecular complexity index is 380. The van der Waals surface area contributed by atoms with E-state index >= 15 is 0 Å². The van der Waals surface area contributed by atoms with Gasteiger partial charge in [-0.2, -0.15) is 0 Å². The van der Waals surface area contributed by atoms with Crippen molar-refractivity contribution in [2.75, 3.05) is 0 Å². The van der Waals surface area contributed by atoms with Crippen molar-refractivity contribution in [2.45, 2.75) is 52.1 Å². The van der Waals surface area contributed by atoms with Crippen molar-refractivity contribution in [1.29, 1.82) is 0 Å². The van der Waals surface area contributed by atoms with Gasteiger partial charge in [0.2, 0.25) is 0 Å². The first-order chi connectivity index (χ1) is 9.18. The summed E-state index contributed by atoms with van der Waals surface area (Å²) in [6, 6.07) is 0. The molecule has 0 aliphatic rings. The van der Waals surface area contributed by atoms with Crippen LogP contribution >= 0.6 is 12.2 Å². The highest BCUT2D eigenvalue weighted by atomic mass is 32.1. The summed E-state index contributed by atoms with van der Waals surface area (Å²) in [4.78, 5) is 33.2. The molecule has 0 aromatic heterocycles. The fourth-order valence-corrected chi connectivity index (χ4v) is 1.72. The summed E-state index contributed by atoms with van der Waals surface area (Å²) < 4.78 is 14.8. The van der Waals surface area contributed by atoms with Crippen molar-refractivity contribution >= 4 is 35.5 Å². The second-order valence-electron chi connectivity index (χ2n) is 4.10. The molecule has 0 aliphatic carbocycles. The maximum atomic E-state index is 11.1. The molecule has 0 aromatic carbocycles. The summed E-state index contributed by atoms with van der Waals surface area (Å²) in [7, 11) is 0. The molecule has 1 N–H and O–H groups in total. The van der Waals surface area contributed by atoms with Crippen LogP contribution in [0, 0.1) is 0 Å². The zero-order valence-electron chi connectivity index (χ0n) is 11.7. The van der Waals surface area contributed by atoms with Crippen LogP contribution in [0.2, 0.25) is 0 Å². The zero-order chi connectivity index (χ0) is 15.9. The van der Waals surface area contributed by atoms with Crippen LogP contribution < -0.4 is 0 Å². The van der Waals surface area contributed by atoms with E-state index in [1.54, 1.807) is 0 Å². The Hall–Kier alpha value is -1.54. The third kappa shape index (κ3) is 6.58. The van der Waals surface area contributed by atoms with E-state index in [-0.39, 0.29) is 0 Å². The van der Waals surface area contributed by atoms with Crippen LogP contribution in [0.4, 0.5) is 0 Å². The van der Waals surface area contributed by atoms with Crippen LogP contribution in [-0.4, -0.2) is 52.8 Å². The number of carbonyl (C=O) groups excluding carboxylic acids is 3. The first-order valence-corrected chi connectivity index (χ1v) is 6.31. The second-order valence-corrected chi connectivity index (χ2v) is 4.37. The Balaban J connectivity index is 5.33. The number of hydrogen-bond acceptors (Lipinski definition) is 8. The average molecular weight is 306 g/mol. The van der Waals surface area contributed by atoms with E-state index in [2.05, 4.69) is 0 Å². The van der Waals surface area contributed by atoms with Crippen molar-refractivity contribution in [2.24, 2.45) is 0 Å². The SMILES string of the molecule is CC(=O)O[C@H]([C@H](OC(C)=O)[C@H](C)O)[C@@H](C=S)OC(C)=O. The normalized spacial score (nSPS) is 16.2. The van der Waals surface area contributed by atoms with Crippen molar-refractivity contribution < 1.29 is 33.7 Å². The number of thiocarbonyl (C=S) groups is 1. The predicted octanol–water partition coefficient (Wildman–Crippen LogP) is 0.162. The molecule has 0 fully saturated rings. The molecule has 0 aliphatic heterocycles. The van der Waals surface area contributed by atoms with E-state index in [0.717, 1.165) is 26.1 Å². The molecule has 7 nitrogen and oxygen atoms in total. The lowest BCUT2D eigenvalue weighted by molar-refractivity contribution is -0.185. The van der Waals surface area contributed by atoms with Gasteiger partial charge in [-0.3, -0.25) is 14.4 Å². The monoisotopic (exact) mass is 306 g/mol. The maximum absolute atomic E-state index is 11.1. The number of carbonyl (C=O) groups is 3. The van der Waals surface area contributed by atoms with Crippen molar-refractivity contribution in [3.63, 3.8) is 0 Å². The minimum atomic E-state index is -1.22. The lowest BCUT2D eigenvalue weighted by Gasteiger charge is -2.31. The van der Waals surface area contributed by atoms with Gasteiger partial charge in [0.1, 0.15) is 0 Å². The van der Waals surface area contributed by atoms with Gasteiger partial charge in [-0.1, -0.05) is 12.2 Å². The summed E-state index contributed by atoms with van der Waals surface area (Å²) >= 11 is 4.72. The van der Waals surface area contributed by atoms with Gasteiger partial charge >= 0.3 is 17.9 Å². The largest absolute Gasteiger partial charge is 0.456 e. The van der Waals surface area contributed by atoms with E-state index < -0.39 is 42.3 Å². The van der Waals surface area contributed by atoms with Gasteiger partial charge in [-0.15, -0.1) is 0 Å². The van der Waals surface area contributed by atoms with Crippen molar-refractivity contribution in [3.8, 4) is 0 Å². The smallest absolute Gasteiger partial charge is 0.303 e. The highest BCUT2D eigenvalue weighted by Crippen LogP contribution is 2.16. The Kier molecular flexibility index (Phi) is 7.93. The van der Waals surface area contributed by atoms with Crippen LogP contribution in [0.25, 0.3) is 0 Å². The van der Waals surface area contributed by atoms with E-state index in [1.807, 2.05) is 0 Å². The minimum absolute atomic E-state index is 0.652. The lowest BCUT2D eigenvalue weighted by Crippen LogP contribution is -2.50. The van der Waals surface area contributed by atoms with Crippen LogP contribution in [0.3, 0.4) is 0 Å². The number of aliphatic hydroxyl groups is 1. The summed E-state index contributed by atoms with van der Waals surface area (Å²) in [5, 5.41) is 10.7. The molecule has 0 saturated heterocycles. The summed E-state index contributed by atoms with van der Waals surface area (Å²) in [5.41, 5.74) is 0. The number of esters is 3. The summed E-state index contributed by atoms with van der Waals surface area (Å²) in [6.07, 6.45) is -4.71. The highest BCUT2D eigenvalue weighted by molar-refractivity contribution is 7.79. The molecule has 8 heteroatoms. The first-order valence-electron chi connectivity index (χ1n) is 5.84. The molecule has 0 heterocycles. The van der Waals surface area contributed by atoms with E-state index in [4.69, 9.17) is 26.4 Å². The molecule has 0 radical (unpaired) electrons. The minimum Gasteiger partial charge on any atom is -0.456 e. The number of ether oxygens (including phenoxy) is 3. The highest BCUT2D eigenvalue weighted by Gasteiger charge is 2.38. The Morgan fingerprint density at radius 3 is 1.65 bits per heavy atom. The number of hydrogen-bond donors (Lipinski definition) is 1. The third-order valence-electron chi connectivity index (χ3n) is 2.16. The van der Waals surface area contributed by atoms with Gasteiger partial charge in [-0.05, 0) is 6.92 Å². The number of aliphatic hydroxyl groups excluding tert-OH is 1. The van der Waals surface area contributed by atoms with E-state index in [1.165, 1.54) is 6.92 Å². The Morgan fingerprint density at radius 1 is 0.950 bits per heavy atom. The van der Waals surface area contributed by atoms with Crippen LogP contribution in [0.15, 0.2) is 0 Å². The maximum Gasteiger partial charge on any atom is 0.303 e. The van der Waals surface area contributed by atoms with E-state index in [0.29, 0.717) is 0 Å². The molecule has 0 rings (SSSR count). The van der Waals surface area contributed by atoms with Crippen LogP contribution in [-0.2, 0) is 28.6 Å². The molecule has 20 heavy (non-hydrogen) atoms. The van der Waals surface area contributed by atoms with Gasteiger partial charge < -0.3 is 19.3 Å². The topological polar surface area (TPSA) is 99.1 Å². The number of rotatable bonds is 7. The molecule has 4 atom stereocenters. The third-order valence-corrected chi connectivity index (χ3v) is 2.43. The molecular weight excluding hydrogens is 288 g/mol. The van der Waals surface area contributed by atoms with Crippen molar-refractivity contribution in [3.05, 3.63) is 0 Å². The van der Waals surface area contributed by atoms with Crippen molar-refractivity contribution in [1.82, 2.24) is 0 Å². The average Bonchev–Trinajstić information content (AvgIpc) is 2.29. The van der Waals surface area contributed by atoms with E-state index in [9.17, 15) is 19.5 Å². The van der Waals surface area contributed by atoms with Gasteiger partial charge in [0, 0.05) is 26.1 Å². The van der Waals surface area contributed by atoms with Gasteiger partial charge in [-0.25, -0.2) is 0 Å². The predicted molar refractivity (Wildman–Crippen MR) is 72.0 cm³/mol. The van der Waals surface area contributed by atoms with Gasteiger partial charge in [0.15, 0.2) is 18.3 Å². The molecule has 114 valence electrons. The molecule has 0 aromatic rings. The molecular formula is C12H18O7S. The molecule has 0 spiro atoms. The van der Waals surface area contributed by atoms with Gasteiger partial charge in [0.05, 0.1) is 6.10 Å².